The highest BCUT2D eigenvalue weighted by atomic mass is 19.1. The number of hydrogen-bond donors (Lipinski definition) is 1. The third kappa shape index (κ3) is 3.45. The van der Waals surface area contributed by atoms with Crippen molar-refractivity contribution in [1.82, 2.24) is 0 Å². The van der Waals surface area contributed by atoms with E-state index in [0.717, 1.165) is 12.8 Å². The van der Waals surface area contributed by atoms with Gasteiger partial charge in [0.1, 0.15) is 17.7 Å². The smallest absolute Gasteiger partial charge is 0.126 e. The first-order valence-corrected chi connectivity index (χ1v) is 6.87. The topological polar surface area (TPSA) is 35.2 Å². The number of ether oxygens (including phenoxy) is 1. The van der Waals surface area contributed by atoms with Crippen LogP contribution in [0.1, 0.15) is 39.0 Å². The van der Waals surface area contributed by atoms with Crippen molar-refractivity contribution >= 4 is 0 Å². The lowest BCUT2D eigenvalue weighted by Crippen LogP contribution is -2.43. The van der Waals surface area contributed by atoms with Crippen LogP contribution in [0.25, 0.3) is 0 Å². The molecule has 3 heteroatoms. The Morgan fingerprint density at radius 3 is 2.94 bits per heavy atom. The fourth-order valence-electron chi connectivity index (χ4n) is 2.76. The van der Waals surface area contributed by atoms with Gasteiger partial charge in [0, 0.05) is 12.1 Å². The second-order valence-electron chi connectivity index (χ2n) is 5.25. The third-order valence-electron chi connectivity index (χ3n) is 3.73. The molecule has 0 aromatic heterocycles. The van der Waals surface area contributed by atoms with E-state index in [2.05, 4.69) is 6.92 Å². The molecule has 3 unspecified atom stereocenters. The van der Waals surface area contributed by atoms with Gasteiger partial charge in [-0.3, -0.25) is 0 Å². The first-order valence-electron chi connectivity index (χ1n) is 6.87. The standard InChI is InChI=1S/C15H22FNO/c1-2-4-11-7-8-14(17)15(9-11)18-13-6-3-5-12(16)10-13/h3,5-6,10-11,14-15H,2,4,7-9,17H2,1H3. The number of benzene rings is 1. The van der Waals surface area contributed by atoms with E-state index < -0.39 is 0 Å². The summed E-state index contributed by atoms with van der Waals surface area (Å²) < 4.78 is 19.0. The van der Waals surface area contributed by atoms with E-state index in [1.807, 2.05) is 0 Å². The second kappa shape index (κ2) is 6.19. The molecule has 2 N–H and O–H groups in total. The largest absolute Gasteiger partial charge is 0.489 e. The third-order valence-corrected chi connectivity index (χ3v) is 3.73. The highest BCUT2D eigenvalue weighted by molar-refractivity contribution is 5.23. The van der Waals surface area contributed by atoms with Crippen molar-refractivity contribution in [3.8, 4) is 5.75 Å². The van der Waals surface area contributed by atoms with Gasteiger partial charge >= 0.3 is 0 Å². The van der Waals surface area contributed by atoms with Crippen LogP contribution in [-0.2, 0) is 0 Å². The lowest BCUT2D eigenvalue weighted by molar-refractivity contribution is 0.0990. The summed E-state index contributed by atoms with van der Waals surface area (Å²) in [5.74, 6) is 1.03. The average molecular weight is 251 g/mol. The SMILES string of the molecule is CCCC1CCC(N)C(Oc2cccc(F)c2)C1. The Balaban J connectivity index is 1.98. The van der Waals surface area contributed by atoms with Crippen molar-refractivity contribution in [2.24, 2.45) is 11.7 Å². The van der Waals surface area contributed by atoms with Gasteiger partial charge in [0.25, 0.3) is 0 Å². The summed E-state index contributed by atoms with van der Waals surface area (Å²) in [6.45, 7) is 2.21. The molecule has 0 radical (unpaired) electrons. The fraction of sp³-hybridized carbons (Fsp3) is 0.600. The van der Waals surface area contributed by atoms with E-state index in [9.17, 15) is 4.39 Å². The highest BCUT2D eigenvalue weighted by Gasteiger charge is 2.29. The molecule has 0 bridgehead atoms. The number of hydrogen-bond acceptors (Lipinski definition) is 2. The molecular formula is C15H22FNO. The van der Waals surface area contributed by atoms with Crippen LogP contribution in [-0.4, -0.2) is 12.1 Å². The zero-order valence-electron chi connectivity index (χ0n) is 10.9. The Bertz CT molecular complexity index is 383. The predicted octanol–water partition coefficient (Wildman–Crippen LogP) is 3.50. The van der Waals surface area contributed by atoms with Crippen LogP contribution in [0.5, 0.6) is 5.75 Å². The summed E-state index contributed by atoms with van der Waals surface area (Å²) in [6.07, 6.45) is 5.65. The molecule has 1 aliphatic rings. The van der Waals surface area contributed by atoms with E-state index in [-0.39, 0.29) is 18.0 Å². The maximum Gasteiger partial charge on any atom is 0.126 e. The molecule has 3 atom stereocenters. The minimum absolute atomic E-state index is 0.0251. The quantitative estimate of drug-likeness (QED) is 0.889. The van der Waals surface area contributed by atoms with Gasteiger partial charge in [0.15, 0.2) is 0 Å². The molecule has 0 amide bonds. The van der Waals surface area contributed by atoms with Crippen molar-refractivity contribution in [2.75, 3.05) is 0 Å². The van der Waals surface area contributed by atoms with Crippen molar-refractivity contribution in [3.05, 3.63) is 30.1 Å². The van der Waals surface area contributed by atoms with Gasteiger partial charge in [0.2, 0.25) is 0 Å². The van der Waals surface area contributed by atoms with Gasteiger partial charge in [-0.25, -0.2) is 4.39 Å². The number of halogens is 1. The highest BCUT2D eigenvalue weighted by Crippen LogP contribution is 2.30. The Kier molecular flexibility index (Phi) is 4.59. The first kappa shape index (κ1) is 13.3. The molecule has 100 valence electrons. The molecule has 2 nitrogen and oxygen atoms in total. The molecule has 1 saturated carbocycles. The Morgan fingerprint density at radius 2 is 2.22 bits per heavy atom. The van der Waals surface area contributed by atoms with E-state index in [0.29, 0.717) is 11.7 Å². The molecule has 0 heterocycles. The van der Waals surface area contributed by atoms with Crippen LogP contribution in [0.2, 0.25) is 0 Å². The minimum atomic E-state index is -0.262. The van der Waals surface area contributed by atoms with Crippen LogP contribution >= 0.6 is 0 Å². The van der Waals surface area contributed by atoms with Gasteiger partial charge in [0.05, 0.1) is 0 Å². The molecule has 0 saturated heterocycles. The van der Waals surface area contributed by atoms with E-state index in [4.69, 9.17) is 10.5 Å². The summed E-state index contributed by atoms with van der Waals surface area (Å²) >= 11 is 0. The molecule has 1 aromatic rings. The molecule has 18 heavy (non-hydrogen) atoms. The predicted molar refractivity (Wildman–Crippen MR) is 71.0 cm³/mol. The first-order chi connectivity index (χ1) is 8.69. The zero-order valence-corrected chi connectivity index (χ0v) is 10.9. The van der Waals surface area contributed by atoms with Gasteiger partial charge in [-0.2, -0.15) is 0 Å². The Hall–Kier alpha value is -1.09. The lowest BCUT2D eigenvalue weighted by atomic mass is 9.82. The molecule has 0 aliphatic heterocycles. The summed E-state index contributed by atoms with van der Waals surface area (Å²) in [5, 5.41) is 0. The molecule has 2 rings (SSSR count). The van der Waals surface area contributed by atoms with Gasteiger partial charge in [-0.05, 0) is 37.3 Å². The summed E-state index contributed by atoms with van der Waals surface area (Å²) in [7, 11) is 0. The molecule has 1 fully saturated rings. The summed E-state index contributed by atoms with van der Waals surface area (Å²) in [6, 6.07) is 6.38. The van der Waals surface area contributed by atoms with Crippen LogP contribution in [0, 0.1) is 11.7 Å². The van der Waals surface area contributed by atoms with Crippen LogP contribution in [0.15, 0.2) is 24.3 Å². The monoisotopic (exact) mass is 251 g/mol. The van der Waals surface area contributed by atoms with Crippen molar-refractivity contribution in [1.29, 1.82) is 0 Å². The Labute approximate surface area is 108 Å². The van der Waals surface area contributed by atoms with Gasteiger partial charge < -0.3 is 10.5 Å². The van der Waals surface area contributed by atoms with Crippen molar-refractivity contribution in [2.45, 2.75) is 51.2 Å². The van der Waals surface area contributed by atoms with Gasteiger partial charge in [-0.1, -0.05) is 25.8 Å². The van der Waals surface area contributed by atoms with Crippen LogP contribution < -0.4 is 10.5 Å². The lowest BCUT2D eigenvalue weighted by Gasteiger charge is -2.34. The van der Waals surface area contributed by atoms with Gasteiger partial charge in [-0.15, -0.1) is 0 Å². The fourth-order valence-corrected chi connectivity index (χ4v) is 2.76. The molecular weight excluding hydrogens is 229 g/mol. The maximum atomic E-state index is 13.1. The van der Waals surface area contributed by atoms with Crippen LogP contribution in [0.3, 0.4) is 0 Å². The van der Waals surface area contributed by atoms with Crippen molar-refractivity contribution in [3.63, 3.8) is 0 Å². The van der Waals surface area contributed by atoms with E-state index in [1.54, 1.807) is 12.1 Å². The second-order valence-corrected chi connectivity index (χ2v) is 5.25. The summed E-state index contributed by atoms with van der Waals surface area (Å²) in [4.78, 5) is 0. The minimum Gasteiger partial charge on any atom is -0.489 e. The summed E-state index contributed by atoms with van der Waals surface area (Å²) in [5.41, 5.74) is 6.10. The van der Waals surface area contributed by atoms with Crippen molar-refractivity contribution < 1.29 is 9.13 Å². The molecule has 1 aromatic carbocycles. The Morgan fingerprint density at radius 1 is 1.39 bits per heavy atom. The number of nitrogens with two attached hydrogens (primary N) is 1. The van der Waals surface area contributed by atoms with E-state index in [1.165, 1.54) is 31.4 Å². The average Bonchev–Trinajstić information content (AvgIpc) is 2.34. The molecule has 0 spiro atoms. The number of rotatable bonds is 4. The zero-order chi connectivity index (χ0) is 13.0. The normalized spacial score (nSPS) is 28.1. The van der Waals surface area contributed by atoms with E-state index >= 15 is 0 Å². The molecule has 1 aliphatic carbocycles. The maximum absolute atomic E-state index is 13.1. The van der Waals surface area contributed by atoms with Crippen LogP contribution in [0.4, 0.5) is 4.39 Å².